The molecular weight excluding hydrogens is 374 g/mol. The van der Waals surface area contributed by atoms with Gasteiger partial charge in [0.25, 0.3) is 0 Å². The van der Waals surface area contributed by atoms with Crippen molar-refractivity contribution in [2.75, 3.05) is 14.2 Å². The highest BCUT2D eigenvalue weighted by Gasteiger charge is 2.29. The van der Waals surface area contributed by atoms with Crippen LogP contribution in [0.15, 0.2) is 35.2 Å². The van der Waals surface area contributed by atoms with Gasteiger partial charge in [-0.15, -0.1) is 0 Å². The molecule has 5 nitrogen and oxygen atoms in total. The maximum absolute atomic E-state index is 13.3. The van der Waals surface area contributed by atoms with Crippen molar-refractivity contribution in [3.8, 4) is 11.5 Å². The van der Waals surface area contributed by atoms with Crippen LogP contribution < -0.4 is 14.2 Å². The molecule has 0 heterocycles. The van der Waals surface area contributed by atoms with Crippen LogP contribution in [0.4, 0.5) is 0 Å². The van der Waals surface area contributed by atoms with Crippen molar-refractivity contribution in [1.29, 1.82) is 0 Å². The molecule has 0 fully saturated rings. The predicted molar refractivity (Wildman–Crippen MR) is 109 cm³/mol. The van der Waals surface area contributed by atoms with Gasteiger partial charge in [0.1, 0.15) is 16.4 Å². The Balaban J connectivity index is 1.67. The summed E-state index contributed by atoms with van der Waals surface area (Å²) in [6.45, 7) is 0. The van der Waals surface area contributed by atoms with Crippen LogP contribution in [0.3, 0.4) is 0 Å². The Morgan fingerprint density at radius 1 is 0.893 bits per heavy atom. The number of sulfonamides is 1. The van der Waals surface area contributed by atoms with Gasteiger partial charge in [0.05, 0.1) is 14.2 Å². The van der Waals surface area contributed by atoms with Gasteiger partial charge in [0.15, 0.2) is 0 Å². The summed E-state index contributed by atoms with van der Waals surface area (Å²) in [5.74, 6) is 1.23. The summed E-state index contributed by atoms with van der Waals surface area (Å²) in [4.78, 5) is 0.247. The molecule has 2 aliphatic carbocycles. The van der Waals surface area contributed by atoms with Crippen molar-refractivity contribution < 1.29 is 17.9 Å². The average Bonchev–Trinajstić information content (AvgIpc) is 2.72. The summed E-state index contributed by atoms with van der Waals surface area (Å²) >= 11 is 0. The Labute approximate surface area is 167 Å². The fourth-order valence-corrected chi connectivity index (χ4v) is 5.85. The Morgan fingerprint density at radius 3 is 2.32 bits per heavy atom. The SMILES string of the molecule is COc1ccc2c(c1)CCC[C@H]2NS(=O)(=O)c1cc2c(cc1OC)CCCC2. The van der Waals surface area contributed by atoms with E-state index in [0.29, 0.717) is 5.75 Å². The molecule has 6 heteroatoms. The smallest absolute Gasteiger partial charge is 0.244 e. The fourth-order valence-electron chi connectivity index (χ4n) is 4.40. The molecule has 0 bridgehead atoms. The van der Waals surface area contributed by atoms with E-state index in [9.17, 15) is 8.42 Å². The third-order valence-corrected chi connectivity index (χ3v) is 7.37. The van der Waals surface area contributed by atoms with Crippen molar-refractivity contribution in [2.24, 2.45) is 0 Å². The summed E-state index contributed by atoms with van der Waals surface area (Å²) in [7, 11) is -0.521. The number of aryl methyl sites for hydroxylation is 3. The van der Waals surface area contributed by atoms with Gasteiger partial charge in [0, 0.05) is 6.04 Å². The first-order valence-corrected chi connectivity index (χ1v) is 11.4. The minimum atomic E-state index is -3.70. The average molecular weight is 402 g/mol. The van der Waals surface area contributed by atoms with E-state index in [1.807, 2.05) is 30.3 Å². The van der Waals surface area contributed by atoms with Crippen molar-refractivity contribution in [3.63, 3.8) is 0 Å². The van der Waals surface area contributed by atoms with Crippen molar-refractivity contribution >= 4 is 10.0 Å². The Bertz CT molecular complexity index is 984. The number of rotatable bonds is 5. The van der Waals surface area contributed by atoms with E-state index in [1.165, 1.54) is 12.7 Å². The number of methoxy groups -OCH3 is 2. The monoisotopic (exact) mass is 401 g/mol. The molecule has 0 aromatic heterocycles. The molecule has 2 aromatic rings. The lowest BCUT2D eigenvalue weighted by molar-refractivity contribution is 0.400. The van der Waals surface area contributed by atoms with Gasteiger partial charge < -0.3 is 9.47 Å². The first-order chi connectivity index (χ1) is 13.5. The first-order valence-electron chi connectivity index (χ1n) is 9.91. The van der Waals surface area contributed by atoms with E-state index >= 15 is 0 Å². The number of ether oxygens (including phenoxy) is 2. The second kappa shape index (κ2) is 7.76. The molecule has 0 radical (unpaired) electrons. The number of benzene rings is 2. The largest absolute Gasteiger partial charge is 0.497 e. The van der Waals surface area contributed by atoms with Gasteiger partial charge in [-0.05, 0) is 91.5 Å². The third-order valence-electron chi connectivity index (χ3n) is 5.88. The highest BCUT2D eigenvalue weighted by Crippen LogP contribution is 2.36. The van der Waals surface area contributed by atoms with Crippen molar-refractivity contribution in [3.05, 3.63) is 52.6 Å². The molecule has 4 rings (SSSR count). The van der Waals surface area contributed by atoms with E-state index in [1.54, 1.807) is 7.11 Å². The quantitative estimate of drug-likeness (QED) is 0.824. The van der Waals surface area contributed by atoms with Crippen LogP contribution in [-0.4, -0.2) is 22.6 Å². The van der Waals surface area contributed by atoms with Crippen LogP contribution in [0.5, 0.6) is 11.5 Å². The molecule has 0 spiro atoms. The molecule has 28 heavy (non-hydrogen) atoms. The fraction of sp³-hybridized carbons (Fsp3) is 0.455. The molecule has 0 amide bonds. The zero-order valence-electron chi connectivity index (χ0n) is 16.5. The standard InChI is InChI=1S/C22H27NO4S/c1-26-18-10-11-19-17(12-18)8-5-9-20(19)23-28(24,25)22-14-16-7-4-3-6-15(16)13-21(22)27-2/h10-14,20,23H,3-9H2,1-2H3/t20-/m1/s1. The molecule has 0 unspecified atom stereocenters. The molecule has 0 aliphatic heterocycles. The summed E-state index contributed by atoms with van der Waals surface area (Å²) in [5, 5.41) is 0. The minimum Gasteiger partial charge on any atom is -0.497 e. The lowest BCUT2D eigenvalue weighted by Crippen LogP contribution is -2.31. The second-order valence-electron chi connectivity index (χ2n) is 7.61. The number of hydrogen-bond acceptors (Lipinski definition) is 4. The maximum atomic E-state index is 13.3. The first kappa shape index (κ1) is 19.3. The van der Waals surface area contributed by atoms with E-state index < -0.39 is 10.0 Å². The topological polar surface area (TPSA) is 64.6 Å². The van der Waals surface area contributed by atoms with Crippen molar-refractivity contribution in [2.45, 2.75) is 55.9 Å². The number of hydrogen-bond donors (Lipinski definition) is 1. The van der Waals surface area contributed by atoms with Gasteiger partial charge in [-0.25, -0.2) is 13.1 Å². The number of nitrogens with one attached hydrogen (secondary N) is 1. The highest BCUT2D eigenvalue weighted by molar-refractivity contribution is 7.89. The summed E-state index contributed by atoms with van der Waals surface area (Å²) in [6.07, 6.45) is 6.81. The van der Waals surface area contributed by atoms with E-state index in [0.717, 1.165) is 67.4 Å². The lowest BCUT2D eigenvalue weighted by atomic mass is 9.88. The van der Waals surface area contributed by atoms with Gasteiger partial charge in [-0.3, -0.25) is 0 Å². The van der Waals surface area contributed by atoms with Crippen LogP contribution in [0.1, 0.15) is 54.0 Å². The minimum absolute atomic E-state index is 0.236. The van der Waals surface area contributed by atoms with Crippen LogP contribution in [-0.2, 0) is 29.3 Å². The molecule has 0 saturated heterocycles. The van der Waals surface area contributed by atoms with Crippen molar-refractivity contribution in [1.82, 2.24) is 4.72 Å². The molecule has 2 aliphatic rings. The summed E-state index contributed by atoms with van der Waals surface area (Å²) in [6, 6.07) is 9.36. The van der Waals surface area contributed by atoms with Crippen LogP contribution in [0.2, 0.25) is 0 Å². The van der Waals surface area contributed by atoms with Gasteiger partial charge in [0.2, 0.25) is 10.0 Å². The molecule has 1 N–H and O–H groups in total. The summed E-state index contributed by atoms with van der Waals surface area (Å²) in [5.41, 5.74) is 4.52. The molecule has 150 valence electrons. The molecule has 1 atom stereocenters. The zero-order valence-corrected chi connectivity index (χ0v) is 17.3. The van der Waals surface area contributed by atoms with E-state index in [2.05, 4.69) is 4.72 Å². The van der Waals surface area contributed by atoms with Crippen LogP contribution in [0.25, 0.3) is 0 Å². The summed E-state index contributed by atoms with van der Waals surface area (Å²) < 4.78 is 40.3. The van der Waals surface area contributed by atoms with E-state index in [4.69, 9.17) is 9.47 Å². The Kier molecular flexibility index (Phi) is 5.34. The predicted octanol–water partition coefficient (Wildman–Crippen LogP) is 3.94. The molecule has 0 saturated carbocycles. The van der Waals surface area contributed by atoms with Crippen LogP contribution >= 0.6 is 0 Å². The maximum Gasteiger partial charge on any atom is 0.244 e. The molecule has 2 aromatic carbocycles. The second-order valence-corrected chi connectivity index (χ2v) is 9.29. The highest BCUT2D eigenvalue weighted by atomic mass is 32.2. The van der Waals surface area contributed by atoms with Gasteiger partial charge in [-0.1, -0.05) is 6.07 Å². The lowest BCUT2D eigenvalue weighted by Gasteiger charge is -2.27. The Hall–Kier alpha value is -2.05. The normalized spacial score (nSPS) is 18.9. The van der Waals surface area contributed by atoms with Gasteiger partial charge >= 0.3 is 0 Å². The van der Waals surface area contributed by atoms with E-state index in [-0.39, 0.29) is 10.9 Å². The molecular formula is C22H27NO4S. The zero-order chi connectivity index (χ0) is 19.7. The van der Waals surface area contributed by atoms with Crippen LogP contribution in [0, 0.1) is 0 Å². The third kappa shape index (κ3) is 3.63. The number of fused-ring (bicyclic) bond motifs is 2. The Morgan fingerprint density at radius 2 is 1.61 bits per heavy atom. The van der Waals surface area contributed by atoms with Gasteiger partial charge in [-0.2, -0.15) is 0 Å².